The van der Waals surface area contributed by atoms with E-state index in [2.05, 4.69) is 21.1 Å². The van der Waals surface area contributed by atoms with Crippen LogP contribution in [0, 0.1) is 5.92 Å². The largest absolute Gasteiger partial charge is 0.331 e. The third kappa shape index (κ3) is 6.35. The first kappa shape index (κ1) is 11.6. The van der Waals surface area contributed by atoms with Gasteiger partial charge in [0.15, 0.2) is 0 Å². The van der Waals surface area contributed by atoms with Crippen molar-refractivity contribution in [3.8, 4) is 0 Å². The van der Waals surface area contributed by atoms with E-state index in [4.69, 9.17) is 0 Å². The van der Waals surface area contributed by atoms with Crippen LogP contribution in [-0.2, 0) is 4.79 Å². The van der Waals surface area contributed by atoms with E-state index < -0.39 is 0 Å². The van der Waals surface area contributed by atoms with Crippen LogP contribution in [0.15, 0.2) is 0 Å². The van der Waals surface area contributed by atoms with E-state index in [1.807, 2.05) is 13.8 Å². The van der Waals surface area contributed by atoms with Crippen molar-refractivity contribution < 1.29 is 9.28 Å². The van der Waals surface area contributed by atoms with Crippen molar-refractivity contribution in [1.82, 2.24) is 0 Å². The van der Waals surface area contributed by atoms with Gasteiger partial charge in [0.1, 0.15) is 5.78 Å². The molecule has 0 atom stereocenters. The normalized spacial score (nSPS) is 12.2. The van der Waals surface area contributed by atoms with Crippen LogP contribution in [0.5, 0.6) is 0 Å². The lowest BCUT2D eigenvalue weighted by Crippen LogP contribution is -2.35. The van der Waals surface area contributed by atoms with Crippen LogP contribution in [0.2, 0.25) is 0 Å². The number of hydrogen-bond donors (Lipinski definition) is 0. The van der Waals surface area contributed by atoms with Crippen LogP contribution in [0.1, 0.15) is 26.7 Å². The first-order valence-corrected chi connectivity index (χ1v) is 4.66. The average Bonchev–Trinajstić information content (AvgIpc) is 1.84. The van der Waals surface area contributed by atoms with Crippen LogP contribution in [0.25, 0.3) is 0 Å². The van der Waals surface area contributed by atoms with Crippen LogP contribution < -0.4 is 0 Å². The molecule has 0 saturated carbocycles. The van der Waals surface area contributed by atoms with Crippen molar-refractivity contribution in [3.05, 3.63) is 0 Å². The molecule has 0 spiro atoms. The molecule has 0 aromatic rings. The van der Waals surface area contributed by atoms with Gasteiger partial charge in [0.2, 0.25) is 0 Å². The molecule has 0 rings (SSSR count). The molecule has 0 unspecified atom stereocenters. The summed E-state index contributed by atoms with van der Waals surface area (Å²) in [4.78, 5) is 11.2. The second-order valence-corrected chi connectivity index (χ2v) is 4.74. The fourth-order valence-corrected chi connectivity index (χ4v) is 1.02. The van der Waals surface area contributed by atoms with Gasteiger partial charge in [0.05, 0.1) is 27.7 Å². The fourth-order valence-electron chi connectivity index (χ4n) is 1.02. The first-order valence-electron chi connectivity index (χ1n) is 4.66. The van der Waals surface area contributed by atoms with Crippen molar-refractivity contribution >= 4 is 5.78 Å². The molecule has 0 radical (unpaired) electrons. The molecule has 0 aromatic heterocycles. The Morgan fingerprint density at radius 1 is 1.25 bits per heavy atom. The van der Waals surface area contributed by atoms with Crippen molar-refractivity contribution in [1.29, 1.82) is 0 Å². The minimum Gasteiger partial charge on any atom is -0.331 e. The van der Waals surface area contributed by atoms with E-state index in [9.17, 15) is 4.79 Å². The molecule has 12 heavy (non-hydrogen) atoms. The second-order valence-electron chi connectivity index (χ2n) is 4.74. The van der Waals surface area contributed by atoms with Crippen molar-refractivity contribution in [2.75, 3.05) is 27.7 Å². The summed E-state index contributed by atoms with van der Waals surface area (Å²) in [5, 5.41) is 0. The highest BCUT2D eigenvalue weighted by Crippen LogP contribution is 2.03. The highest BCUT2D eigenvalue weighted by molar-refractivity contribution is 5.80. The maximum Gasteiger partial charge on any atom is 0.135 e. The van der Waals surface area contributed by atoms with Gasteiger partial charge >= 0.3 is 0 Å². The van der Waals surface area contributed by atoms with Crippen LogP contribution >= 0.6 is 0 Å². The van der Waals surface area contributed by atoms with Gasteiger partial charge in [-0.3, -0.25) is 4.79 Å². The van der Waals surface area contributed by atoms with E-state index >= 15 is 0 Å². The Balaban J connectivity index is 3.51. The molecule has 0 fully saturated rings. The minimum atomic E-state index is 0.206. The Morgan fingerprint density at radius 2 is 1.75 bits per heavy atom. The SMILES string of the molecule is CC(C)C(=O)CCC[N+](C)(C)C. The number of quaternary nitrogens is 1. The number of rotatable bonds is 5. The Morgan fingerprint density at radius 3 is 2.08 bits per heavy atom. The summed E-state index contributed by atoms with van der Waals surface area (Å²) in [6, 6.07) is 0. The molecule has 72 valence electrons. The van der Waals surface area contributed by atoms with Gasteiger partial charge in [0, 0.05) is 18.8 Å². The van der Waals surface area contributed by atoms with E-state index in [-0.39, 0.29) is 5.92 Å². The maximum atomic E-state index is 11.2. The molecule has 0 aromatic carbocycles. The van der Waals surface area contributed by atoms with Gasteiger partial charge in [-0.2, -0.15) is 0 Å². The molecule has 0 heterocycles. The Kier molecular flexibility index (Phi) is 4.46. The molecule has 0 aliphatic rings. The number of hydrogen-bond acceptors (Lipinski definition) is 1. The third-order valence-electron chi connectivity index (χ3n) is 1.90. The zero-order chi connectivity index (χ0) is 9.78. The van der Waals surface area contributed by atoms with Gasteiger partial charge in [-0.25, -0.2) is 0 Å². The molecule has 0 amide bonds. The van der Waals surface area contributed by atoms with Crippen molar-refractivity contribution in [3.63, 3.8) is 0 Å². The van der Waals surface area contributed by atoms with Crippen LogP contribution in [-0.4, -0.2) is 38.0 Å². The Bertz CT molecular complexity index is 144. The summed E-state index contributed by atoms with van der Waals surface area (Å²) in [6.07, 6.45) is 1.76. The van der Waals surface area contributed by atoms with Crippen molar-refractivity contribution in [2.24, 2.45) is 5.92 Å². The predicted molar refractivity (Wildman–Crippen MR) is 52.0 cm³/mol. The molecule has 0 N–H and O–H groups in total. The topological polar surface area (TPSA) is 17.1 Å². The summed E-state index contributed by atoms with van der Waals surface area (Å²) in [5.74, 6) is 0.598. The van der Waals surface area contributed by atoms with Crippen LogP contribution in [0.3, 0.4) is 0 Å². The fraction of sp³-hybridized carbons (Fsp3) is 0.900. The van der Waals surface area contributed by atoms with Crippen molar-refractivity contribution in [2.45, 2.75) is 26.7 Å². The molecule has 0 saturated heterocycles. The molecule has 2 heteroatoms. The van der Waals surface area contributed by atoms with E-state index in [1.165, 1.54) is 0 Å². The second kappa shape index (κ2) is 4.61. The number of nitrogens with zero attached hydrogens (tertiary/aromatic N) is 1. The summed E-state index contributed by atoms with van der Waals surface area (Å²) in [5.41, 5.74) is 0. The Labute approximate surface area is 76.2 Å². The zero-order valence-corrected chi connectivity index (χ0v) is 9.05. The monoisotopic (exact) mass is 172 g/mol. The van der Waals surface area contributed by atoms with E-state index in [1.54, 1.807) is 0 Å². The van der Waals surface area contributed by atoms with Gasteiger partial charge in [-0.1, -0.05) is 13.8 Å². The van der Waals surface area contributed by atoms with E-state index in [0.717, 1.165) is 23.9 Å². The standard InChI is InChI=1S/C10H22NO/c1-9(2)10(12)7-6-8-11(3,4)5/h9H,6-8H2,1-5H3/q+1. The summed E-state index contributed by atoms with van der Waals surface area (Å²) in [7, 11) is 6.46. The van der Waals surface area contributed by atoms with Gasteiger partial charge in [0.25, 0.3) is 0 Å². The molecular formula is C10H22NO+. The number of Topliss-reactive ketones (excluding diaryl/α,β-unsaturated/α-hetero) is 1. The predicted octanol–water partition coefficient (Wildman–Crippen LogP) is 1.70. The van der Waals surface area contributed by atoms with Gasteiger partial charge in [-0.15, -0.1) is 0 Å². The maximum absolute atomic E-state index is 11.2. The van der Waals surface area contributed by atoms with Crippen LogP contribution in [0.4, 0.5) is 0 Å². The van der Waals surface area contributed by atoms with Gasteiger partial charge in [-0.05, 0) is 0 Å². The molecular weight excluding hydrogens is 150 g/mol. The summed E-state index contributed by atoms with van der Waals surface area (Å²) >= 11 is 0. The zero-order valence-electron chi connectivity index (χ0n) is 9.05. The molecule has 0 aliphatic carbocycles. The molecule has 0 bridgehead atoms. The van der Waals surface area contributed by atoms with Gasteiger partial charge < -0.3 is 4.48 Å². The number of carbonyl (C=O) groups excluding carboxylic acids is 1. The van der Waals surface area contributed by atoms with E-state index in [0.29, 0.717) is 5.78 Å². The lowest BCUT2D eigenvalue weighted by Gasteiger charge is -2.23. The minimum absolute atomic E-state index is 0.206. The summed E-state index contributed by atoms with van der Waals surface area (Å²) in [6.45, 7) is 5.01. The molecule has 2 nitrogen and oxygen atoms in total. The number of carbonyl (C=O) groups is 1. The third-order valence-corrected chi connectivity index (χ3v) is 1.90. The highest BCUT2D eigenvalue weighted by Gasteiger charge is 2.10. The molecule has 0 aliphatic heterocycles. The lowest BCUT2D eigenvalue weighted by atomic mass is 10.0. The smallest absolute Gasteiger partial charge is 0.135 e. The number of ketones is 1. The summed E-state index contributed by atoms with van der Waals surface area (Å²) < 4.78 is 0.950. The lowest BCUT2D eigenvalue weighted by molar-refractivity contribution is -0.870. The first-order chi connectivity index (χ1) is 5.33. The highest BCUT2D eigenvalue weighted by atomic mass is 16.1. The average molecular weight is 172 g/mol. The quantitative estimate of drug-likeness (QED) is 0.577. The Hall–Kier alpha value is -0.370.